The predicted octanol–water partition coefficient (Wildman–Crippen LogP) is 1.37. The van der Waals surface area contributed by atoms with E-state index in [2.05, 4.69) is 21.9 Å². The van der Waals surface area contributed by atoms with Gasteiger partial charge in [-0.2, -0.15) is 0 Å². The fraction of sp³-hybridized carbons (Fsp3) is 0.333. The summed E-state index contributed by atoms with van der Waals surface area (Å²) in [7, 11) is 0. The molecular weight excluding hydrogens is 200 g/mol. The maximum Gasteiger partial charge on any atom is 0.189 e. The van der Waals surface area contributed by atoms with Crippen molar-refractivity contribution < 1.29 is 0 Å². The number of pyridine rings is 1. The molecule has 3 N–H and O–H groups in total. The Morgan fingerprint density at radius 2 is 2.31 bits per heavy atom. The van der Waals surface area contributed by atoms with Gasteiger partial charge in [-0.25, -0.2) is 4.99 Å². The fourth-order valence-corrected chi connectivity index (χ4v) is 1.15. The molecule has 4 heteroatoms. The topological polar surface area (TPSA) is 63.3 Å². The van der Waals surface area contributed by atoms with Gasteiger partial charge in [-0.3, -0.25) is 4.98 Å². The van der Waals surface area contributed by atoms with Crippen molar-refractivity contribution in [1.82, 2.24) is 10.3 Å². The van der Waals surface area contributed by atoms with Crippen molar-refractivity contribution in [1.29, 1.82) is 0 Å². The van der Waals surface area contributed by atoms with Crippen LogP contribution in [0, 0.1) is 6.92 Å². The van der Waals surface area contributed by atoms with Crippen molar-refractivity contribution in [3.63, 3.8) is 0 Å². The van der Waals surface area contributed by atoms with E-state index in [0.29, 0.717) is 19.0 Å². The van der Waals surface area contributed by atoms with E-state index < -0.39 is 0 Å². The molecule has 0 amide bonds. The molecule has 0 atom stereocenters. The molecule has 0 aliphatic heterocycles. The van der Waals surface area contributed by atoms with Gasteiger partial charge in [0.2, 0.25) is 0 Å². The number of hydrogen-bond acceptors (Lipinski definition) is 2. The van der Waals surface area contributed by atoms with Gasteiger partial charge in [0.15, 0.2) is 5.96 Å². The van der Waals surface area contributed by atoms with Crippen molar-refractivity contribution in [2.45, 2.75) is 20.4 Å². The molecule has 16 heavy (non-hydrogen) atoms. The summed E-state index contributed by atoms with van der Waals surface area (Å²) in [6, 6.07) is 5.85. The Kier molecular flexibility index (Phi) is 4.51. The summed E-state index contributed by atoms with van der Waals surface area (Å²) in [5, 5.41) is 2.97. The van der Waals surface area contributed by atoms with E-state index in [1.807, 2.05) is 32.0 Å². The molecule has 0 saturated carbocycles. The van der Waals surface area contributed by atoms with E-state index in [4.69, 9.17) is 5.73 Å². The third-order valence-electron chi connectivity index (χ3n) is 1.93. The molecule has 0 radical (unpaired) electrons. The first-order valence-corrected chi connectivity index (χ1v) is 5.18. The number of aromatic nitrogens is 1. The van der Waals surface area contributed by atoms with Crippen LogP contribution in [-0.2, 0) is 6.54 Å². The fourth-order valence-electron chi connectivity index (χ4n) is 1.15. The third kappa shape index (κ3) is 4.59. The van der Waals surface area contributed by atoms with Gasteiger partial charge in [-0.1, -0.05) is 18.2 Å². The van der Waals surface area contributed by atoms with Crippen molar-refractivity contribution in [3.05, 3.63) is 41.7 Å². The van der Waals surface area contributed by atoms with Crippen molar-refractivity contribution in [2.24, 2.45) is 10.7 Å². The van der Waals surface area contributed by atoms with E-state index in [1.165, 1.54) is 0 Å². The molecule has 86 valence electrons. The van der Waals surface area contributed by atoms with Crippen LogP contribution in [0.3, 0.4) is 0 Å². The third-order valence-corrected chi connectivity index (χ3v) is 1.93. The second-order valence-corrected chi connectivity index (χ2v) is 3.78. The van der Waals surface area contributed by atoms with Gasteiger partial charge in [0.1, 0.15) is 0 Å². The zero-order valence-corrected chi connectivity index (χ0v) is 9.83. The van der Waals surface area contributed by atoms with Gasteiger partial charge >= 0.3 is 0 Å². The van der Waals surface area contributed by atoms with Gasteiger partial charge in [0.05, 0.1) is 12.2 Å². The first-order valence-electron chi connectivity index (χ1n) is 5.18. The summed E-state index contributed by atoms with van der Waals surface area (Å²) in [5.74, 6) is 0.423. The maximum atomic E-state index is 5.68. The van der Waals surface area contributed by atoms with Crippen LogP contribution < -0.4 is 11.1 Å². The number of aryl methyl sites for hydroxylation is 1. The van der Waals surface area contributed by atoms with Crippen LogP contribution in [0.25, 0.3) is 0 Å². The Morgan fingerprint density at radius 1 is 1.56 bits per heavy atom. The average molecular weight is 218 g/mol. The number of hydrogen-bond donors (Lipinski definition) is 2. The smallest absolute Gasteiger partial charge is 0.189 e. The monoisotopic (exact) mass is 218 g/mol. The Morgan fingerprint density at radius 3 is 2.94 bits per heavy atom. The lowest BCUT2D eigenvalue weighted by Gasteiger charge is -2.04. The van der Waals surface area contributed by atoms with E-state index in [-0.39, 0.29) is 0 Å². The quantitative estimate of drug-likeness (QED) is 0.456. The molecule has 1 rings (SSSR count). The van der Waals surface area contributed by atoms with Gasteiger partial charge in [0.25, 0.3) is 0 Å². The van der Waals surface area contributed by atoms with Gasteiger partial charge < -0.3 is 11.1 Å². The molecule has 4 nitrogen and oxygen atoms in total. The molecular formula is C12H18N4. The zero-order valence-electron chi connectivity index (χ0n) is 9.83. The van der Waals surface area contributed by atoms with Gasteiger partial charge in [-0.05, 0) is 26.0 Å². The SMILES string of the molecule is C=C(C)CNC(N)=NCc1cccc(C)n1. The predicted molar refractivity (Wildman–Crippen MR) is 67.1 cm³/mol. The van der Waals surface area contributed by atoms with E-state index in [1.54, 1.807) is 0 Å². The van der Waals surface area contributed by atoms with E-state index >= 15 is 0 Å². The number of nitrogens with two attached hydrogens (primary N) is 1. The Bertz CT molecular complexity index is 396. The lowest BCUT2D eigenvalue weighted by molar-refractivity contribution is 0.915. The number of rotatable bonds is 4. The van der Waals surface area contributed by atoms with Crippen molar-refractivity contribution >= 4 is 5.96 Å². The largest absolute Gasteiger partial charge is 0.370 e. The number of aliphatic imine (C=N–C) groups is 1. The summed E-state index contributed by atoms with van der Waals surface area (Å²) < 4.78 is 0. The molecule has 0 fully saturated rings. The van der Waals surface area contributed by atoms with Crippen LogP contribution >= 0.6 is 0 Å². The summed E-state index contributed by atoms with van der Waals surface area (Å²) in [6.07, 6.45) is 0. The zero-order chi connectivity index (χ0) is 12.0. The van der Waals surface area contributed by atoms with Gasteiger partial charge in [-0.15, -0.1) is 0 Å². The van der Waals surface area contributed by atoms with Crippen LogP contribution in [0.15, 0.2) is 35.3 Å². The average Bonchev–Trinajstić information content (AvgIpc) is 2.23. The summed E-state index contributed by atoms with van der Waals surface area (Å²) in [4.78, 5) is 8.52. The molecule has 0 bridgehead atoms. The normalized spacial score (nSPS) is 11.2. The molecule has 0 unspecified atom stereocenters. The molecule has 0 aliphatic carbocycles. The lowest BCUT2D eigenvalue weighted by Crippen LogP contribution is -2.32. The van der Waals surface area contributed by atoms with Crippen LogP contribution in [0.4, 0.5) is 0 Å². The molecule has 0 aromatic carbocycles. The first-order chi connectivity index (χ1) is 7.58. The Hall–Kier alpha value is -1.84. The minimum absolute atomic E-state index is 0.423. The van der Waals surface area contributed by atoms with Crippen molar-refractivity contribution in [3.8, 4) is 0 Å². The Labute approximate surface area is 96.3 Å². The van der Waals surface area contributed by atoms with Crippen LogP contribution in [0.5, 0.6) is 0 Å². The first kappa shape index (κ1) is 12.2. The highest BCUT2D eigenvalue weighted by molar-refractivity contribution is 5.77. The van der Waals surface area contributed by atoms with E-state index in [0.717, 1.165) is 17.0 Å². The van der Waals surface area contributed by atoms with Crippen LogP contribution in [0.2, 0.25) is 0 Å². The molecule has 1 aromatic heterocycles. The summed E-state index contributed by atoms with van der Waals surface area (Å²) >= 11 is 0. The number of guanidine groups is 1. The lowest BCUT2D eigenvalue weighted by atomic mass is 10.3. The molecule has 0 aliphatic rings. The number of nitrogens with one attached hydrogen (secondary N) is 1. The highest BCUT2D eigenvalue weighted by Crippen LogP contribution is 1.99. The highest BCUT2D eigenvalue weighted by atomic mass is 15.1. The van der Waals surface area contributed by atoms with Crippen LogP contribution in [-0.4, -0.2) is 17.5 Å². The van der Waals surface area contributed by atoms with Crippen molar-refractivity contribution in [2.75, 3.05) is 6.54 Å². The van der Waals surface area contributed by atoms with E-state index in [9.17, 15) is 0 Å². The number of nitrogens with zero attached hydrogens (tertiary/aromatic N) is 2. The highest BCUT2D eigenvalue weighted by Gasteiger charge is 1.95. The minimum Gasteiger partial charge on any atom is -0.370 e. The summed E-state index contributed by atoms with van der Waals surface area (Å²) in [5.41, 5.74) is 8.60. The van der Waals surface area contributed by atoms with Crippen LogP contribution in [0.1, 0.15) is 18.3 Å². The van der Waals surface area contributed by atoms with Gasteiger partial charge in [0, 0.05) is 12.2 Å². The minimum atomic E-state index is 0.423. The molecule has 0 spiro atoms. The molecule has 0 saturated heterocycles. The molecule has 1 heterocycles. The standard InChI is InChI=1S/C12H18N4/c1-9(2)7-14-12(13)15-8-11-6-4-5-10(3)16-11/h4-6H,1,7-8H2,2-3H3,(H3,13,14,15). The second kappa shape index (κ2) is 5.90. The molecule has 1 aromatic rings. The second-order valence-electron chi connectivity index (χ2n) is 3.78. The maximum absolute atomic E-state index is 5.68. The summed E-state index contributed by atoms with van der Waals surface area (Å²) in [6.45, 7) is 8.80. The Balaban J connectivity index is 2.49.